The molecule has 0 radical (unpaired) electrons. The average Bonchev–Trinajstić information content (AvgIpc) is 3.34. The number of carbonyl (C=O) groups excluding carboxylic acids is 3. The molecule has 0 amide bonds. The summed E-state index contributed by atoms with van der Waals surface area (Å²) in [5.41, 5.74) is 1.79. The van der Waals surface area contributed by atoms with Crippen LogP contribution in [0.2, 0.25) is 0 Å². The average molecular weight is 955 g/mol. The van der Waals surface area contributed by atoms with Gasteiger partial charge in [0.25, 0.3) is 0 Å². The van der Waals surface area contributed by atoms with Crippen LogP contribution in [0.1, 0.15) is 257 Å². The molecule has 0 fully saturated rings. The van der Waals surface area contributed by atoms with Crippen LogP contribution in [0.4, 0.5) is 0 Å². The lowest BCUT2D eigenvalue weighted by atomic mass is 9.98. The minimum atomic E-state index is -0.831. The molecule has 0 aliphatic carbocycles. The van der Waals surface area contributed by atoms with Crippen LogP contribution in [0, 0.1) is 5.92 Å². The quantitative estimate of drug-likeness (QED) is 0.0295. The summed E-state index contributed by atoms with van der Waals surface area (Å²) in [5.74, 6) is 0.641. The molecule has 1 unspecified atom stereocenters. The molecule has 0 bridgehead atoms. The highest BCUT2D eigenvalue weighted by atomic mass is 16.6. The summed E-state index contributed by atoms with van der Waals surface area (Å²) in [6.07, 6.45) is 47.4. The maximum atomic E-state index is 13.1. The zero-order chi connectivity index (χ0) is 49.6. The van der Waals surface area contributed by atoms with Gasteiger partial charge in [0.1, 0.15) is 24.7 Å². The molecule has 1 atom stereocenters. The second kappa shape index (κ2) is 46.1. The van der Waals surface area contributed by atoms with Crippen molar-refractivity contribution >= 4 is 17.9 Å². The lowest BCUT2D eigenvalue weighted by molar-refractivity contribution is -0.167. The number of aliphatic hydroxyl groups is 1. The van der Waals surface area contributed by atoms with Gasteiger partial charge in [-0.1, -0.05) is 180 Å². The molecule has 1 rings (SSSR count). The number of esters is 3. The molecule has 1 aromatic rings. The first-order chi connectivity index (χ1) is 33.3. The summed E-state index contributed by atoms with van der Waals surface area (Å²) in [6.45, 7) is 6.28. The zero-order valence-corrected chi connectivity index (χ0v) is 44.4. The van der Waals surface area contributed by atoms with Crippen LogP contribution in [0.5, 0.6) is 11.5 Å². The Bertz CT molecular complexity index is 1340. The molecular weight excluding hydrogens is 853 g/mol. The molecule has 0 heterocycles. The summed E-state index contributed by atoms with van der Waals surface area (Å²) >= 11 is 0. The van der Waals surface area contributed by atoms with Gasteiger partial charge < -0.3 is 28.8 Å². The van der Waals surface area contributed by atoms with Crippen molar-refractivity contribution in [2.24, 2.45) is 5.92 Å². The van der Waals surface area contributed by atoms with Crippen LogP contribution in [0.3, 0.4) is 0 Å². The number of methoxy groups -OCH3 is 2. The Morgan fingerprint density at radius 2 is 0.897 bits per heavy atom. The van der Waals surface area contributed by atoms with E-state index in [2.05, 4.69) is 45.1 Å². The van der Waals surface area contributed by atoms with Gasteiger partial charge in [0.2, 0.25) is 0 Å². The normalized spacial score (nSPS) is 12.0. The SMILES string of the molecule is CCCCCCCC/C=C\CCCCCCCC(=O)OCC(COC(=O)CCCCCCC/C=C\CCCCCCCC)OC(=O)CC(C)CCCCCCCc1c(OC)cc(CO)cc1OC. The molecule has 392 valence electrons. The number of aliphatic hydroxyl groups excluding tert-OH is 1. The Kier molecular flexibility index (Phi) is 42.5. The van der Waals surface area contributed by atoms with Gasteiger partial charge in [-0.2, -0.15) is 0 Å². The number of rotatable bonds is 48. The third-order valence-corrected chi connectivity index (χ3v) is 12.9. The Hall–Kier alpha value is -3.33. The van der Waals surface area contributed by atoms with Gasteiger partial charge in [-0.15, -0.1) is 0 Å². The van der Waals surface area contributed by atoms with Crippen LogP contribution in [-0.4, -0.2) is 56.6 Å². The fraction of sp³-hybridized carbons (Fsp3) is 0.780. The first kappa shape index (κ1) is 62.7. The molecule has 0 saturated heterocycles. The lowest BCUT2D eigenvalue weighted by Crippen LogP contribution is -2.31. The van der Waals surface area contributed by atoms with Gasteiger partial charge >= 0.3 is 17.9 Å². The Balaban J connectivity index is 2.44. The molecule has 1 N–H and O–H groups in total. The number of unbranched alkanes of at least 4 members (excludes halogenated alkanes) is 26. The maximum absolute atomic E-state index is 13.1. The van der Waals surface area contributed by atoms with Gasteiger partial charge in [-0.05, 0) is 101 Å². The van der Waals surface area contributed by atoms with Crippen LogP contribution in [-0.2, 0) is 41.6 Å². The van der Waals surface area contributed by atoms with Crippen molar-refractivity contribution in [1.82, 2.24) is 0 Å². The summed E-state index contributed by atoms with van der Waals surface area (Å²) in [5, 5.41) is 9.57. The van der Waals surface area contributed by atoms with Gasteiger partial charge in [-0.3, -0.25) is 14.4 Å². The largest absolute Gasteiger partial charge is 0.496 e. The van der Waals surface area contributed by atoms with Crippen LogP contribution >= 0.6 is 0 Å². The van der Waals surface area contributed by atoms with Crippen molar-refractivity contribution in [1.29, 1.82) is 0 Å². The van der Waals surface area contributed by atoms with E-state index >= 15 is 0 Å². The highest BCUT2D eigenvalue weighted by molar-refractivity contribution is 5.71. The van der Waals surface area contributed by atoms with Gasteiger partial charge in [0.15, 0.2) is 6.10 Å². The molecule has 0 spiro atoms. The highest BCUT2D eigenvalue weighted by Gasteiger charge is 2.21. The van der Waals surface area contributed by atoms with Crippen LogP contribution in [0.25, 0.3) is 0 Å². The fourth-order valence-electron chi connectivity index (χ4n) is 8.63. The summed E-state index contributed by atoms with van der Waals surface area (Å²) < 4.78 is 28.1. The predicted molar refractivity (Wildman–Crippen MR) is 281 cm³/mol. The summed E-state index contributed by atoms with van der Waals surface area (Å²) in [6, 6.07) is 3.74. The molecule has 68 heavy (non-hydrogen) atoms. The predicted octanol–water partition coefficient (Wildman–Crippen LogP) is 16.2. The molecule has 1 aromatic carbocycles. The number of ether oxygens (including phenoxy) is 5. The minimum absolute atomic E-state index is 0.0641. The van der Waals surface area contributed by atoms with Crippen molar-refractivity contribution in [2.45, 2.75) is 265 Å². The first-order valence-corrected chi connectivity index (χ1v) is 27.9. The van der Waals surface area contributed by atoms with E-state index < -0.39 is 6.10 Å². The van der Waals surface area contributed by atoms with E-state index in [-0.39, 0.29) is 50.1 Å². The fourth-order valence-corrected chi connectivity index (χ4v) is 8.63. The van der Waals surface area contributed by atoms with Crippen LogP contribution < -0.4 is 9.47 Å². The molecule has 0 aliphatic heterocycles. The van der Waals surface area contributed by atoms with E-state index in [0.29, 0.717) is 12.8 Å². The second-order valence-corrected chi connectivity index (χ2v) is 19.4. The van der Waals surface area contributed by atoms with E-state index in [1.807, 2.05) is 12.1 Å². The third kappa shape index (κ3) is 36.6. The molecule has 9 heteroatoms. The smallest absolute Gasteiger partial charge is 0.306 e. The van der Waals surface area contributed by atoms with Gasteiger partial charge in [0.05, 0.1) is 20.8 Å². The second-order valence-electron chi connectivity index (χ2n) is 19.4. The first-order valence-electron chi connectivity index (χ1n) is 27.9. The van der Waals surface area contributed by atoms with E-state index in [9.17, 15) is 19.5 Å². The maximum Gasteiger partial charge on any atom is 0.306 e. The van der Waals surface area contributed by atoms with Gasteiger partial charge in [-0.25, -0.2) is 0 Å². The number of carbonyl (C=O) groups is 3. The molecular formula is C59H102O9. The summed E-state index contributed by atoms with van der Waals surface area (Å²) in [4.78, 5) is 38.5. The van der Waals surface area contributed by atoms with E-state index in [1.54, 1.807) is 14.2 Å². The van der Waals surface area contributed by atoms with Crippen molar-refractivity contribution in [3.8, 4) is 11.5 Å². The van der Waals surface area contributed by atoms with Crippen molar-refractivity contribution in [2.75, 3.05) is 27.4 Å². The number of hydrogen-bond acceptors (Lipinski definition) is 9. The van der Waals surface area contributed by atoms with E-state index in [0.717, 1.165) is 132 Å². The topological polar surface area (TPSA) is 118 Å². The zero-order valence-electron chi connectivity index (χ0n) is 44.4. The molecule has 9 nitrogen and oxygen atoms in total. The van der Waals surface area contributed by atoms with Crippen LogP contribution in [0.15, 0.2) is 36.4 Å². The molecule has 0 aliphatic rings. The van der Waals surface area contributed by atoms with Gasteiger partial charge in [0, 0.05) is 24.8 Å². The molecule has 0 saturated carbocycles. The van der Waals surface area contributed by atoms with Crippen molar-refractivity contribution in [3.05, 3.63) is 47.6 Å². The van der Waals surface area contributed by atoms with E-state index in [1.165, 1.54) is 103 Å². The number of hydrogen-bond donors (Lipinski definition) is 1. The number of benzene rings is 1. The lowest BCUT2D eigenvalue weighted by Gasteiger charge is -2.19. The summed E-state index contributed by atoms with van der Waals surface area (Å²) in [7, 11) is 3.28. The highest BCUT2D eigenvalue weighted by Crippen LogP contribution is 2.32. The Morgan fingerprint density at radius 3 is 1.31 bits per heavy atom. The monoisotopic (exact) mass is 955 g/mol. The minimum Gasteiger partial charge on any atom is -0.496 e. The number of allylic oxidation sites excluding steroid dienone is 4. The van der Waals surface area contributed by atoms with E-state index in [4.69, 9.17) is 23.7 Å². The van der Waals surface area contributed by atoms with Crippen molar-refractivity contribution in [3.63, 3.8) is 0 Å². The Morgan fingerprint density at radius 1 is 0.515 bits per heavy atom. The standard InChI is InChI=1S/C59H102O9/c1-6-8-10-12-14-16-18-20-22-24-26-28-30-35-39-43-57(61)66-49-53(50-67-58(62)44-40-36-31-29-27-25-23-21-19-17-15-13-11-9-7-2)68-59(63)45-51(3)41-37-33-32-34-38-42-54-55(64-4)46-52(48-60)47-56(54)65-5/h20-23,46-47,51,53,60H,6-19,24-45,48-50H2,1-5H3/b22-20-,23-21-. The van der Waals surface area contributed by atoms with Crippen molar-refractivity contribution < 1.29 is 43.2 Å². The molecule has 0 aromatic heterocycles. The Labute approximate surface area is 416 Å². The third-order valence-electron chi connectivity index (χ3n) is 12.9.